The van der Waals surface area contributed by atoms with Gasteiger partial charge in [0.15, 0.2) is 0 Å². The number of nitrogens with one attached hydrogen (secondary N) is 1. The SMILES string of the molecule is O=C(Nc1ccc(F)cc1)C1(c2ccc(-c3cnc(C(F)(F)F)cc3CO)cc2)CC2(CC2)C1. The lowest BCUT2D eigenvalue weighted by atomic mass is 9.56. The number of rotatable bonds is 5. The van der Waals surface area contributed by atoms with E-state index in [0.29, 0.717) is 16.8 Å². The lowest BCUT2D eigenvalue weighted by molar-refractivity contribution is -0.141. The molecule has 0 atom stereocenters. The number of hydrogen-bond acceptors (Lipinski definition) is 3. The third-order valence-electron chi connectivity index (χ3n) is 7.05. The second kappa shape index (κ2) is 7.91. The first kappa shape index (κ1) is 22.5. The highest BCUT2D eigenvalue weighted by Gasteiger charge is 2.64. The van der Waals surface area contributed by atoms with E-state index in [1.165, 1.54) is 24.3 Å². The highest BCUT2D eigenvalue weighted by atomic mass is 19.4. The smallest absolute Gasteiger partial charge is 0.392 e. The first-order valence-electron chi connectivity index (χ1n) is 11.0. The predicted octanol–water partition coefficient (Wildman–Crippen LogP) is 5.85. The standard InChI is InChI=1S/C26H22F4N2O2/c27-19-5-7-20(8-6-19)32-23(34)25(14-24(15-25)9-10-24)18-3-1-16(2-4-18)21-12-31-22(26(28,29)30)11-17(21)13-33/h1-8,11-12,33H,9-10,13-15H2,(H,32,34). The van der Waals surface area contributed by atoms with Crippen LogP contribution < -0.4 is 5.32 Å². The van der Waals surface area contributed by atoms with Crippen LogP contribution in [-0.2, 0) is 23.0 Å². The molecule has 0 unspecified atom stereocenters. The average Bonchev–Trinajstić information content (AvgIpc) is 3.59. The van der Waals surface area contributed by atoms with E-state index in [2.05, 4.69) is 10.3 Å². The van der Waals surface area contributed by atoms with Gasteiger partial charge in [-0.1, -0.05) is 24.3 Å². The van der Waals surface area contributed by atoms with Gasteiger partial charge in [-0.05, 0) is 78.1 Å². The van der Waals surface area contributed by atoms with Gasteiger partial charge in [0.25, 0.3) is 0 Å². The summed E-state index contributed by atoms with van der Waals surface area (Å²) in [4.78, 5) is 16.9. The fraction of sp³-hybridized carbons (Fsp3) is 0.308. The topological polar surface area (TPSA) is 62.2 Å². The van der Waals surface area contributed by atoms with Gasteiger partial charge in [-0.3, -0.25) is 9.78 Å². The van der Waals surface area contributed by atoms with Gasteiger partial charge in [-0.15, -0.1) is 0 Å². The molecule has 176 valence electrons. The van der Waals surface area contributed by atoms with E-state index >= 15 is 0 Å². The molecule has 1 heterocycles. The van der Waals surface area contributed by atoms with E-state index in [-0.39, 0.29) is 22.7 Å². The number of carbonyl (C=O) groups is 1. The van der Waals surface area contributed by atoms with E-state index in [9.17, 15) is 27.5 Å². The number of aromatic nitrogens is 1. The molecule has 0 bridgehead atoms. The zero-order chi connectivity index (χ0) is 24.1. The third-order valence-corrected chi connectivity index (χ3v) is 7.05. The second-order valence-electron chi connectivity index (χ2n) is 9.36. The molecule has 3 aromatic rings. The van der Waals surface area contributed by atoms with E-state index in [1.807, 2.05) is 12.1 Å². The Bertz CT molecular complexity index is 1230. The number of nitrogens with zero attached hydrogens (tertiary/aromatic N) is 1. The van der Waals surface area contributed by atoms with Crippen molar-refractivity contribution in [2.75, 3.05) is 5.32 Å². The number of benzene rings is 2. The summed E-state index contributed by atoms with van der Waals surface area (Å²) in [5.74, 6) is -0.541. The quantitative estimate of drug-likeness (QED) is 0.460. The molecular weight excluding hydrogens is 448 g/mol. The summed E-state index contributed by atoms with van der Waals surface area (Å²) in [6.07, 6.45) is 0.135. The van der Waals surface area contributed by atoms with Crippen LogP contribution in [0, 0.1) is 11.2 Å². The number of halogens is 4. The number of pyridine rings is 1. The molecule has 2 N–H and O–H groups in total. The van der Waals surface area contributed by atoms with Crippen LogP contribution in [0.3, 0.4) is 0 Å². The average molecular weight is 470 g/mol. The van der Waals surface area contributed by atoms with Gasteiger partial charge in [-0.25, -0.2) is 4.39 Å². The molecule has 4 nitrogen and oxygen atoms in total. The fourth-order valence-corrected chi connectivity index (χ4v) is 5.05. The summed E-state index contributed by atoms with van der Waals surface area (Å²) < 4.78 is 52.2. The number of amides is 1. The minimum absolute atomic E-state index is 0.124. The van der Waals surface area contributed by atoms with Gasteiger partial charge in [-0.2, -0.15) is 13.2 Å². The van der Waals surface area contributed by atoms with Gasteiger partial charge in [0, 0.05) is 17.4 Å². The first-order valence-corrected chi connectivity index (χ1v) is 11.0. The molecule has 0 radical (unpaired) electrons. The highest BCUT2D eigenvalue weighted by Crippen LogP contribution is 2.69. The predicted molar refractivity (Wildman–Crippen MR) is 118 cm³/mol. The normalized spacial score (nSPS) is 17.8. The number of aliphatic hydroxyl groups excluding tert-OH is 1. The molecule has 0 saturated heterocycles. The van der Waals surface area contributed by atoms with Crippen molar-refractivity contribution in [1.29, 1.82) is 0 Å². The monoisotopic (exact) mass is 470 g/mol. The van der Waals surface area contributed by atoms with Crippen molar-refractivity contribution < 1.29 is 27.5 Å². The number of aliphatic hydroxyl groups is 1. The van der Waals surface area contributed by atoms with Crippen molar-refractivity contribution >= 4 is 11.6 Å². The van der Waals surface area contributed by atoms with Crippen molar-refractivity contribution in [3.63, 3.8) is 0 Å². The Hall–Kier alpha value is -3.26. The molecule has 8 heteroatoms. The molecule has 5 rings (SSSR count). The van der Waals surface area contributed by atoms with Crippen LogP contribution in [0.15, 0.2) is 60.8 Å². The zero-order valence-electron chi connectivity index (χ0n) is 18.1. The van der Waals surface area contributed by atoms with Crippen LogP contribution in [0.2, 0.25) is 0 Å². The lowest BCUT2D eigenvalue weighted by Crippen LogP contribution is -2.51. The Morgan fingerprint density at radius 1 is 1.03 bits per heavy atom. The second-order valence-corrected chi connectivity index (χ2v) is 9.36. The lowest BCUT2D eigenvalue weighted by Gasteiger charge is -2.47. The van der Waals surface area contributed by atoms with Crippen molar-refractivity contribution in [2.45, 2.75) is 43.9 Å². The summed E-state index contributed by atoms with van der Waals surface area (Å²) in [5.41, 5.74) is 0.892. The largest absolute Gasteiger partial charge is 0.433 e. The first-order chi connectivity index (χ1) is 16.1. The molecule has 2 fully saturated rings. The van der Waals surface area contributed by atoms with Gasteiger partial charge >= 0.3 is 6.18 Å². The fourth-order valence-electron chi connectivity index (χ4n) is 5.05. The maximum atomic E-state index is 13.3. The Morgan fingerprint density at radius 3 is 2.24 bits per heavy atom. The minimum Gasteiger partial charge on any atom is -0.392 e. The Morgan fingerprint density at radius 2 is 1.68 bits per heavy atom. The van der Waals surface area contributed by atoms with Crippen LogP contribution in [0.1, 0.15) is 42.5 Å². The number of carbonyl (C=O) groups excluding carboxylic acids is 1. The molecule has 1 spiro atoms. The van der Waals surface area contributed by atoms with E-state index in [4.69, 9.17) is 0 Å². The van der Waals surface area contributed by atoms with E-state index < -0.39 is 23.9 Å². The molecule has 2 aliphatic rings. The number of hydrogen-bond donors (Lipinski definition) is 2. The van der Waals surface area contributed by atoms with E-state index in [0.717, 1.165) is 43.5 Å². The summed E-state index contributed by atoms with van der Waals surface area (Å²) in [5, 5.41) is 12.5. The maximum absolute atomic E-state index is 13.3. The molecule has 2 saturated carbocycles. The Labute approximate surface area is 193 Å². The van der Waals surface area contributed by atoms with Gasteiger partial charge in [0.05, 0.1) is 12.0 Å². The van der Waals surface area contributed by atoms with Crippen molar-refractivity contribution in [2.24, 2.45) is 5.41 Å². The van der Waals surface area contributed by atoms with Crippen LogP contribution in [0.25, 0.3) is 11.1 Å². The minimum atomic E-state index is -4.60. The molecule has 0 aliphatic heterocycles. The van der Waals surface area contributed by atoms with E-state index in [1.54, 1.807) is 12.1 Å². The summed E-state index contributed by atoms with van der Waals surface area (Å²) in [7, 11) is 0. The van der Waals surface area contributed by atoms with Gasteiger partial charge < -0.3 is 10.4 Å². The summed E-state index contributed by atoms with van der Waals surface area (Å²) >= 11 is 0. The molecule has 2 aliphatic carbocycles. The number of alkyl halides is 3. The third kappa shape index (κ3) is 3.96. The van der Waals surface area contributed by atoms with Crippen molar-refractivity contribution in [3.05, 3.63) is 83.4 Å². The van der Waals surface area contributed by atoms with Gasteiger partial charge in [0.2, 0.25) is 5.91 Å². The highest BCUT2D eigenvalue weighted by molar-refractivity contribution is 6.00. The maximum Gasteiger partial charge on any atom is 0.433 e. The molecule has 2 aromatic carbocycles. The molecule has 1 aromatic heterocycles. The summed E-state index contributed by atoms with van der Waals surface area (Å²) in [6.45, 7) is -0.560. The molecular formula is C26H22F4N2O2. The Kier molecular flexibility index (Phi) is 5.24. The summed E-state index contributed by atoms with van der Waals surface area (Å²) in [6, 6.07) is 13.6. The molecule has 34 heavy (non-hydrogen) atoms. The van der Waals surface area contributed by atoms with Crippen molar-refractivity contribution in [1.82, 2.24) is 4.98 Å². The molecule has 1 amide bonds. The van der Waals surface area contributed by atoms with Crippen LogP contribution >= 0.6 is 0 Å². The van der Waals surface area contributed by atoms with Crippen LogP contribution in [0.5, 0.6) is 0 Å². The number of anilines is 1. The van der Waals surface area contributed by atoms with Crippen LogP contribution in [-0.4, -0.2) is 16.0 Å². The van der Waals surface area contributed by atoms with Crippen LogP contribution in [0.4, 0.5) is 23.2 Å². The van der Waals surface area contributed by atoms with Gasteiger partial charge in [0.1, 0.15) is 11.5 Å². The zero-order valence-corrected chi connectivity index (χ0v) is 18.1. The van der Waals surface area contributed by atoms with Crippen molar-refractivity contribution in [3.8, 4) is 11.1 Å². The Balaban J connectivity index is 1.43.